The summed E-state index contributed by atoms with van der Waals surface area (Å²) in [6.07, 6.45) is 4.67. The summed E-state index contributed by atoms with van der Waals surface area (Å²) in [6, 6.07) is 1.04. The SMILES string of the molecule is CC(OC(C)(C)C)C(N)C(=O)NC1(c2ncccn2)CC1. The fraction of sp³-hybridized carbons (Fsp3) is 0.667. The maximum atomic E-state index is 12.3. The van der Waals surface area contributed by atoms with Gasteiger partial charge in [-0.25, -0.2) is 9.97 Å². The number of carbonyl (C=O) groups excluding carboxylic acids is 1. The van der Waals surface area contributed by atoms with E-state index in [1.54, 1.807) is 18.5 Å². The van der Waals surface area contributed by atoms with E-state index in [9.17, 15) is 4.79 Å². The van der Waals surface area contributed by atoms with Gasteiger partial charge >= 0.3 is 0 Å². The monoisotopic (exact) mass is 292 g/mol. The highest BCUT2D eigenvalue weighted by atomic mass is 16.5. The lowest BCUT2D eigenvalue weighted by atomic mass is 10.1. The van der Waals surface area contributed by atoms with Crippen molar-refractivity contribution in [3.05, 3.63) is 24.3 Å². The number of nitrogens with one attached hydrogen (secondary N) is 1. The van der Waals surface area contributed by atoms with Gasteiger partial charge in [-0.3, -0.25) is 4.79 Å². The van der Waals surface area contributed by atoms with Crippen molar-refractivity contribution in [2.24, 2.45) is 5.73 Å². The molecule has 2 rings (SSSR count). The van der Waals surface area contributed by atoms with Crippen LogP contribution in [0.4, 0.5) is 0 Å². The van der Waals surface area contributed by atoms with Crippen molar-refractivity contribution in [2.45, 2.75) is 63.8 Å². The summed E-state index contributed by atoms with van der Waals surface area (Å²) in [7, 11) is 0. The molecule has 1 heterocycles. The van der Waals surface area contributed by atoms with Crippen molar-refractivity contribution >= 4 is 5.91 Å². The van der Waals surface area contributed by atoms with Crippen molar-refractivity contribution in [1.29, 1.82) is 0 Å². The van der Waals surface area contributed by atoms with Gasteiger partial charge in [0.05, 0.1) is 17.2 Å². The molecular weight excluding hydrogens is 268 g/mol. The van der Waals surface area contributed by atoms with E-state index in [-0.39, 0.29) is 17.6 Å². The lowest BCUT2D eigenvalue weighted by Crippen LogP contribution is -2.52. The van der Waals surface area contributed by atoms with Crippen molar-refractivity contribution in [3.63, 3.8) is 0 Å². The predicted octanol–water partition coefficient (Wildman–Crippen LogP) is 1.11. The molecule has 1 aromatic heterocycles. The van der Waals surface area contributed by atoms with Gasteiger partial charge in [0, 0.05) is 12.4 Å². The topological polar surface area (TPSA) is 90.1 Å². The van der Waals surface area contributed by atoms with E-state index in [2.05, 4.69) is 15.3 Å². The highest BCUT2D eigenvalue weighted by molar-refractivity contribution is 5.83. The Morgan fingerprint density at radius 2 is 1.95 bits per heavy atom. The molecule has 0 saturated heterocycles. The number of ether oxygens (including phenoxy) is 1. The minimum absolute atomic E-state index is 0.225. The van der Waals surface area contributed by atoms with Crippen LogP contribution in [0.3, 0.4) is 0 Å². The molecule has 0 aliphatic heterocycles. The number of nitrogens with zero attached hydrogens (tertiary/aromatic N) is 2. The number of aromatic nitrogens is 2. The molecule has 3 N–H and O–H groups in total. The number of hydrogen-bond acceptors (Lipinski definition) is 5. The quantitative estimate of drug-likeness (QED) is 0.848. The van der Waals surface area contributed by atoms with Gasteiger partial charge in [0.1, 0.15) is 6.04 Å². The maximum absolute atomic E-state index is 12.3. The molecule has 0 spiro atoms. The Hall–Kier alpha value is -1.53. The first-order valence-electron chi connectivity index (χ1n) is 7.26. The van der Waals surface area contributed by atoms with Crippen LogP contribution in [0.15, 0.2) is 18.5 Å². The first kappa shape index (κ1) is 15.9. The second kappa shape index (κ2) is 5.69. The first-order valence-corrected chi connectivity index (χ1v) is 7.26. The first-order chi connectivity index (χ1) is 9.73. The van der Waals surface area contributed by atoms with Crippen LogP contribution in [0.2, 0.25) is 0 Å². The average Bonchev–Trinajstić information content (AvgIpc) is 3.17. The van der Waals surface area contributed by atoms with E-state index < -0.39 is 11.6 Å². The molecule has 1 aliphatic carbocycles. The van der Waals surface area contributed by atoms with Crippen LogP contribution in [-0.4, -0.2) is 33.6 Å². The summed E-state index contributed by atoms with van der Waals surface area (Å²) >= 11 is 0. The normalized spacial score (nSPS) is 19.7. The highest BCUT2D eigenvalue weighted by Gasteiger charge is 2.49. The van der Waals surface area contributed by atoms with Gasteiger partial charge < -0.3 is 15.8 Å². The van der Waals surface area contributed by atoms with Crippen LogP contribution in [0.25, 0.3) is 0 Å². The van der Waals surface area contributed by atoms with Crippen molar-refractivity contribution in [1.82, 2.24) is 15.3 Å². The Morgan fingerprint density at radius 1 is 1.38 bits per heavy atom. The number of carbonyl (C=O) groups is 1. The zero-order chi connectivity index (χ0) is 15.7. The molecule has 2 unspecified atom stereocenters. The van der Waals surface area contributed by atoms with Gasteiger partial charge in [-0.15, -0.1) is 0 Å². The van der Waals surface area contributed by atoms with Gasteiger partial charge in [-0.1, -0.05) is 0 Å². The third-order valence-electron chi connectivity index (χ3n) is 3.45. The van der Waals surface area contributed by atoms with Crippen LogP contribution in [0.1, 0.15) is 46.4 Å². The maximum Gasteiger partial charge on any atom is 0.240 e. The van der Waals surface area contributed by atoms with Crippen LogP contribution >= 0.6 is 0 Å². The number of amides is 1. The van der Waals surface area contributed by atoms with E-state index in [0.717, 1.165) is 12.8 Å². The fourth-order valence-electron chi connectivity index (χ4n) is 2.24. The third-order valence-corrected chi connectivity index (χ3v) is 3.45. The number of hydrogen-bond donors (Lipinski definition) is 2. The lowest BCUT2D eigenvalue weighted by molar-refractivity contribution is -0.130. The largest absolute Gasteiger partial charge is 0.371 e. The smallest absolute Gasteiger partial charge is 0.240 e. The number of rotatable bonds is 5. The third kappa shape index (κ3) is 3.98. The highest BCUT2D eigenvalue weighted by Crippen LogP contribution is 2.43. The molecule has 2 atom stereocenters. The van der Waals surface area contributed by atoms with Gasteiger partial charge in [-0.05, 0) is 46.6 Å². The number of nitrogens with two attached hydrogens (primary N) is 1. The molecule has 1 saturated carbocycles. The van der Waals surface area contributed by atoms with Crippen molar-refractivity contribution in [3.8, 4) is 0 Å². The predicted molar refractivity (Wildman–Crippen MR) is 79.4 cm³/mol. The summed E-state index contributed by atoms with van der Waals surface area (Å²) in [5, 5.41) is 2.98. The van der Waals surface area contributed by atoms with Crippen LogP contribution in [-0.2, 0) is 15.1 Å². The van der Waals surface area contributed by atoms with E-state index >= 15 is 0 Å². The van der Waals surface area contributed by atoms with Gasteiger partial charge in [0.15, 0.2) is 5.82 Å². The Balaban J connectivity index is 1.98. The standard InChI is InChI=1S/C15H24N4O2/c1-10(21-14(2,3)4)11(16)12(20)19-15(6-7-15)13-17-8-5-9-18-13/h5,8-11H,6-7,16H2,1-4H3,(H,19,20). The Morgan fingerprint density at radius 3 is 2.43 bits per heavy atom. The van der Waals surface area contributed by atoms with E-state index in [4.69, 9.17) is 10.5 Å². The zero-order valence-corrected chi connectivity index (χ0v) is 13.1. The summed E-state index contributed by atoms with van der Waals surface area (Å²) in [4.78, 5) is 20.8. The van der Waals surface area contributed by atoms with Crippen LogP contribution in [0.5, 0.6) is 0 Å². The molecule has 0 bridgehead atoms. The Bertz CT molecular complexity index is 494. The van der Waals surface area contributed by atoms with Gasteiger partial charge in [0.25, 0.3) is 0 Å². The average molecular weight is 292 g/mol. The summed E-state index contributed by atoms with van der Waals surface area (Å²) in [5.41, 5.74) is 5.22. The zero-order valence-electron chi connectivity index (χ0n) is 13.1. The van der Waals surface area contributed by atoms with Gasteiger partial charge in [0.2, 0.25) is 5.91 Å². The van der Waals surface area contributed by atoms with Gasteiger partial charge in [-0.2, -0.15) is 0 Å². The molecule has 21 heavy (non-hydrogen) atoms. The van der Waals surface area contributed by atoms with Crippen LogP contribution in [0, 0.1) is 0 Å². The van der Waals surface area contributed by atoms with Crippen molar-refractivity contribution < 1.29 is 9.53 Å². The molecule has 6 nitrogen and oxygen atoms in total. The van der Waals surface area contributed by atoms with Crippen LogP contribution < -0.4 is 11.1 Å². The summed E-state index contributed by atoms with van der Waals surface area (Å²) in [6.45, 7) is 7.63. The molecule has 6 heteroatoms. The minimum atomic E-state index is -0.717. The molecule has 1 amide bonds. The lowest BCUT2D eigenvalue weighted by Gasteiger charge is -2.29. The van der Waals surface area contributed by atoms with E-state index in [1.807, 2.05) is 27.7 Å². The molecule has 1 aromatic rings. The Kier molecular flexibility index (Phi) is 4.30. The molecule has 1 fully saturated rings. The second-order valence-corrected chi connectivity index (χ2v) is 6.60. The molecule has 116 valence electrons. The summed E-state index contributed by atoms with van der Waals surface area (Å²) < 4.78 is 5.74. The van der Waals surface area contributed by atoms with E-state index in [0.29, 0.717) is 5.82 Å². The summed E-state index contributed by atoms with van der Waals surface area (Å²) in [5.74, 6) is 0.423. The Labute approximate surface area is 125 Å². The molecule has 0 aromatic carbocycles. The van der Waals surface area contributed by atoms with E-state index in [1.165, 1.54) is 0 Å². The fourth-order valence-corrected chi connectivity index (χ4v) is 2.24. The minimum Gasteiger partial charge on any atom is -0.371 e. The molecule has 0 radical (unpaired) electrons. The van der Waals surface area contributed by atoms with Crippen molar-refractivity contribution in [2.75, 3.05) is 0 Å². The molecule has 1 aliphatic rings. The second-order valence-electron chi connectivity index (χ2n) is 6.60. The molecular formula is C15H24N4O2.